The summed E-state index contributed by atoms with van der Waals surface area (Å²) in [5, 5.41) is 0.572. The zero-order chi connectivity index (χ0) is 21.9. The molecule has 0 aliphatic heterocycles. The van der Waals surface area contributed by atoms with Gasteiger partial charge >= 0.3 is 11.9 Å². The average Bonchev–Trinajstić information content (AvgIpc) is 2.66. The predicted octanol–water partition coefficient (Wildman–Crippen LogP) is 4.83. The van der Waals surface area contributed by atoms with Crippen molar-refractivity contribution < 1.29 is 23.8 Å². The van der Waals surface area contributed by atoms with Crippen LogP contribution < -0.4 is 0 Å². The molecule has 29 heavy (non-hydrogen) atoms. The van der Waals surface area contributed by atoms with Crippen LogP contribution in [0.25, 0.3) is 11.1 Å². The largest absolute Gasteiger partial charge is 0.467 e. The molecule has 0 saturated heterocycles. The minimum Gasteiger partial charge on any atom is -0.467 e. The Morgan fingerprint density at radius 1 is 1.03 bits per heavy atom. The number of esters is 2. The highest BCUT2D eigenvalue weighted by molar-refractivity contribution is 6.30. The summed E-state index contributed by atoms with van der Waals surface area (Å²) in [6.07, 6.45) is -1.02. The Morgan fingerprint density at radius 2 is 1.62 bits per heavy atom. The smallest absolute Gasteiger partial charge is 0.356 e. The number of nitrogens with zero attached hydrogens (tertiary/aromatic N) is 1. The van der Waals surface area contributed by atoms with Gasteiger partial charge in [-0.2, -0.15) is 0 Å². The molecule has 2 aromatic rings. The highest BCUT2D eigenvalue weighted by Crippen LogP contribution is 2.38. The lowest BCUT2D eigenvalue weighted by Gasteiger charge is -2.29. The predicted molar refractivity (Wildman–Crippen MR) is 111 cm³/mol. The fourth-order valence-corrected chi connectivity index (χ4v) is 3.23. The highest BCUT2D eigenvalue weighted by Gasteiger charge is 2.34. The highest BCUT2D eigenvalue weighted by atomic mass is 35.5. The number of rotatable bonds is 5. The molecule has 6 nitrogen and oxygen atoms in total. The number of aryl methyl sites for hydroxylation is 1. The van der Waals surface area contributed by atoms with Crippen LogP contribution in [-0.4, -0.2) is 36.7 Å². The molecule has 156 valence electrons. The van der Waals surface area contributed by atoms with Gasteiger partial charge < -0.3 is 14.2 Å². The van der Waals surface area contributed by atoms with E-state index in [-0.39, 0.29) is 5.69 Å². The van der Waals surface area contributed by atoms with Crippen LogP contribution in [0.4, 0.5) is 0 Å². The maximum Gasteiger partial charge on any atom is 0.356 e. The Morgan fingerprint density at radius 3 is 2.10 bits per heavy atom. The van der Waals surface area contributed by atoms with E-state index in [1.54, 1.807) is 26.0 Å². The summed E-state index contributed by atoms with van der Waals surface area (Å²) in [6, 6.07) is 7.12. The van der Waals surface area contributed by atoms with E-state index in [0.717, 1.165) is 5.56 Å². The molecule has 1 atom stereocenters. The maximum absolute atomic E-state index is 12.7. The molecule has 1 unspecified atom stereocenters. The lowest BCUT2D eigenvalue weighted by Crippen LogP contribution is -2.30. The molecule has 0 amide bonds. The van der Waals surface area contributed by atoms with Gasteiger partial charge in [-0.3, -0.25) is 0 Å². The third kappa shape index (κ3) is 5.14. The third-order valence-electron chi connectivity index (χ3n) is 4.33. The van der Waals surface area contributed by atoms with Gasteiger partial charge in [-0.15, -0.1) is 0 Å². The Kier molecular flexibility index (Phi) is 7.03. The van der Waals surface area contributed by atoms with Crippen molar-refractivity contribution >= 4 is 23.5 Å². The first-order valence-electron chi connectivity index (χ1n) is 9.11. The molecular weight excluding hydrogens is 394 g/mol. The van der Waals surface area contributed by atoms with E-state index < -0.39 is 23.6 Å². The Balaban J connectivity index is 2.88. The summed E-state index contributed by atoms with van der Waals surface area (Å²) in [5.41, 5.74) is 2.57. The van der Waals surface area contributed by atoms with Crippen LogP contribution in [-0.2, 0) is 19.0 Å². The third-order valence-corrected chi connectivity index (χ3v) is 4.58. The minimum atomic E-state index is -1.02. The Labute approximate surface area is 176 Å². The summed E-state index contributed by atoms with van der Waals surface area (Å²) in [7, 11) is 2.61. The second-order valence-electron chi connectivity index (χ2n) is 7.59. The Hall–Kier alpha value is -2.44. The fraction of sp³-hybridized carbons (Fsp3) is 0.409. The monoisotopic (exact) mass is 419 g/mol. The van der Waals surface area contributed by atoms with E-state index in [4.69, 9.17) is 25.8 Å². The molecular formula is C22H26ClNO5. The van der Waals surface area contributed by atoms with E-state index in [0.29, 0.717) is 27.4 Å². The van der Waals surface area contributed by atoms with E-state index in [1.165, 1.54) is 14.2 Å². The van der Waals surface area contributed by atoms with Crippen LogP contribution in [0, 0.1) is 13.8 Å². The summed E-state index contributed by atoms with van der Waals surface area (Å²) in [6.45, 7) is 9.04. The van der Waals surface area contributed by atoms with Crippen LogP contribution in [0.15, 0.2) is 24.3 Å². The average molecular weight is 420 g/mol. The zero-order valence-corrected chi connectivity index (χ0v) is 18.5. The summed E-state index contributed by atoms with van der Waals surface area (Å²) >= 11 is 6.05. The lowest BCUT2D eigenvalue weighted by atomic mass is 9.90. The van der Waals surface area contributed by atoms with Crippen molar-refractivity contribution in [3.8, 4) is 11.1 Å². The topological polar surface area (TPSA) is 74.7 Å². The van der Waals surface area contributed by atoms with Crippen molar-refractivity contribution in [3.63, 3.8) is 0 Å². The molecule has 0 N–H and O–H groups in total. The number of pyridine rings is 1. The van der Waals surface area contributed by atoms with Crippen LogP contribution in [0.3, 0.4) is 0 Å². The quantitative estimate of drug-likeness (QED) is 0.646. The molecule has 0 aliphatic rings. The van der Waals surface area contributed by atoms with Gasteiger partial charge in [0, 0.05) is 16.3 Å². The molecule has 7 heteroatoms. The zero-order valence-electron chi connectivity index (χ0n) is 17.8. The number of carbonyl (C=O) groups excluding carboxylic acids is 2. The van der Waals surface area contributed by atoms with E-state index in [9.17, 15) is 9.59 Å². The summed E-state index contributed by atoms with van der Waals surface area (Å²) < 4.78 is 16.0. The molecule has 0 spiro atoms. The van der Waals surface area contributed by atoms with Crippen molar-refractivity contribution in [2.24, 2.45) is 0 Å². The molecule has 0 radical (unpaired) electrons. The number of hydrogen-bond acceptors (Lipinski definition) is 6. The van der Waals surface area contributed by atoms with E-state index in [1.807, 2.05) is 32.9 Å². The lowest BCUT2D eigenvalue weighted by molar-refractivity contribution is -0.164. The number of hydrogen-bond donors (Lipinski definition) is 0. The number of carbonyl (C=O) groups is 2. The first-order valence-corrected chi connectivity index (χ1v) is 9.49. The van der Waals surface area contributed by atoms with Crippen molar-refractivity contribution in [3.05, 3.63) is 51.8 Å². The summed E-state index contributed by atoms with van der Waals surface area (Å²) in [4.78, 5) is 29.4. The van der Waals surface area contributed by atoms with Gasteiger partial charge in [-0.1, -0.05) is 23.7 Å². The van der Waals surface area contributed by atoms with Gasteiger partial charge in [0.15, 0.2) is 11.8 Å². The van der Waals surface area contributed by atoms with Crippen LogP contribution >= 0.6 is 11.6 Å². The minimum absolute atomic E-state index is 0.179. The van der Waals surface area contributed by atoms with Crippen molar-refractivity contribution in [1.29, 1.82) is 0 Å². The van der Waals surface area contributed by atoms with Crippen LogP contribution in [0.5, 0.6) is 0 Å². The van der Waals surface area contributed by atoms with Gasteiger partial charge in [0.25, 0.3) is 0 Å². The van der Waals surface area contributed by atoms with Crippen LogP contribution in [0.2, 0.25) is 5.02 Å². The fourth-order valence-electron chi connectivity index (χ4n) is 3.10. The molecule has 0 aliphatic carbocycles. The van der Waals surface area contributed by atoms with Crippen LogP contribution in [0.1, 0.15) is 54.2 Å². The van der Waals surface area contributed by atoms with Gasteiger partial charge in [-0.25, -0.2) is 14.6 Å². The molecule has 0 saturated carbocycles. The molecule has 0 bridgehead atoms. The number of aromatic nitrogens is 1. The van der Waals surface area contributed by atoms with Crippen molar-refractivity contribution in [2.75, 3.05) is 14.2 Å². The molecule has 0 fully saturated rings. The van der Waals surface area contributed by atoms with Crippen molar-refractivity contribution in [1.82, 2.24) is 4.98 Å². The van der Waals surface area contributed by atoms with E-state index >= 15 is 0 Å². The number of ether oxygens (including phenoxy) is 3. The SMILES string of the molecule is COC(=O)c1nc(C)c(C(OC(C)(C)C)C(=O)OC)c(-c2ccc(Cl)cc2)c1C. The van der Waals surface area contributed by atoms with Gasteiger partial charge in [0.1, 0.15) is 0 Å². The van der Waals surface area contributed by atoms with Gasteiger partial charge in [0.05, 0.1) is 19.8 Å². The number of benzene rings is 1. The molecule has 1 aromatic heterocycles. The van der Waals surface area contributed by atoms with E-state index in [2.05, 4.69) is 4.98 Å². The molecule has 1 heterocycles. The Bertz CT molecular complexity index is 916. The standard InChI is InChI=1S/C22H26ClNO5/c1-12-16(14-8-10-15(23)11-9-14)17(13(2)24-18(12)20(25)27-6)19(21(26)28-7)29-22(3,4)5/h8-11,19H,1-7H3. The second-order valence-corrected chi connectivity index (χ2v) is 8.03. The molecule has 2 rings (SSSR count). The second kappa shape index (κ2) is 8.93. The normalized spacial score (nSPS) is 12.4. The number of methoxy groups -OCH3 is 2. The molecule has 1 aromatic carbocycles. The summed E-state index contributed by atoms with van der Waals surface area (Å²) in [5.74, 6) is -1.11. The maximum atomic E-state index is 12.7. The number of halogens is 1. The first kappa shape index (κ1) is 22.8. The van der Waals surface area contributed by atoms with Gasteiger partial charge in [-0.05, 0) is 63.4 Å². The van der Waals surface area contributed by atoms with Crippen molar-refractivity contribution in [2.45, 2.75) is 46.3 Å². The van der Waals surface area contributed by atoms with Gasteiger partial charge in [0.2, 0.25) is 0 Å². The first-order chi connectivity index (χ1) is 13.5.